The van der Waals surface area contributed by atoms with Crippen LogP contribution < -0.4 is 4.90 Å². The summed E-state index contributed by atoms with van der Waals surface area (Å²) in [6, 6.07) is 7.58. The van der Waals surface area contributed by atoms with Gasteiger partial charge in [0.05, 0.1) is 29.0 Å². The second-order valence-electron chi connectivity index (χ2n) is 5.42. The number of hydrogen-bond donors (Lipinski definition) is 0. The zero-order valence-electron chi connectivity index (χ0n) is 13.0. The fraction of sp³-hybridized carbons (Fsp3) is 0.250. The van der Waals surface area contributed by atoms with Gasteiger partial charge in [0, 0.05) is 18.7 Å². The molecule has 1 aliphatic rings. The first-order chi connectivity index (χ1) is 12.2. The molecule has 0 aliphatic carbocycles. The molecule has 9 heteroatoms. The van der Waals surface area contributed by atoms with Crippen LogP contribution in [0, 0.1) is 0 Å². The van der Waals surface area contributed by atoms with Gasteiger partial charge in [-0.05, 0) is 18.2 Å². The number of rotatable bonds is 3. The van der Waals surface area contributed by atoms with Crippen molar-refractivity contribution in [2.45, 2.75) is 0 Å². The number of halogens is 2. The van der Waals surface area contributed by atoms with Gasteiger partial charge in [0.2, 0.25) is 5.82 Å². The predicted molar refractivity (Wildman–Crippen MR) is 93.8 cm³/mol. The Bertz CT molecular complexity index is 896. The number of morpholine rings is 1. The van der Waals surface area contributed by atoms with Crippen LogP contribution in [0.3, 0.4) is 0 Å². The predicted octanol–water partition coefficient (Wildman–Crippen LogP) is 3.34. The van der Waals surface area contributed by atoms with Crippen LogP contribution in [-0.4, -0.2) is 46.4 Å². The maximum Gasteiger partial charge on any atom is 0.324 e. The van der Waals surface area contributed by atoms with Crippen molar-refractivity contribution in [1.82, 2.24) is 20.1 Å². The maximum atomic E-state index is 6.08. The van der Waals surface area contributed by atoms with E-state index in [1.807, 2.05) is 11.0 Å². The highest BCUT2D eigenvalue weighted by atomic mass is 35.5. The molecule has 1 aliphatic heterocycles. The lowest BCUT2D eigenvalue weighted by Crippen LogP contribution is -2.36. The van der Waals surface area contributed by atoms with Gasteiger partial charge < -0.3 is 14.2 Å². The lowest BCUT2D eigenvalue weighted by atomic mass is 10.1. The summed E-state index contributed by atoms with van der Waals surface area (Å²) < 4.78 is 10.7. The first kappa shape index (κ1) is 16.3. The Morgan fingerprint density at radius 3 is 2.56 bits per heavy atom. The number of hydrogen-bond acceptors (Lipinski definition) is 7. The molecule has 0 amide bonds. The number of aromatic nitrogens is 4. The number of nitrogens with zero attached hydrogens (tertiary/aromatic N) is 5. The maximum absolute atomic E-state index is 6.08. The molecular weight excluding hydrogens is 365 g/mol. The molecule has 3 heterocycles. The normalized spacial score (nSPS) is 14.7. The molecule has 0 unspecified atom stereocenters. The quantitative estimate of drug-likeness (QED) is 0.692. The van der Waals surface area contributed by atoms with E-state index in [0.29, 0.717) is 46.5 Å². The highest BCUT2D eigenvalue weighted by molar-refractivity contribution is 6.42. The van der Waals surface area contributed by atoms with Crippen LogP contribution in [0.5, 0.6) is 0 Å². The molecule has 128 valence electrons. The zero-order chi connectivity index (χ0) is 17.2. The van der Waals surface area contributed by atoms with Gasteiger partial charge in [-0.1, -0.05) is 34.4 Å². The highest BCUT2D eigenvalue weighted by Crippen LogP contribution is 2.29. The second-order valence-corrected chi connectivity index (χ2v) is 6.23. The van der Waals surface area contributed by atoms with Gasteiger partial charge in [-0.3, -0.25) is 0 Å². The van der Waals surface area contributed by atoms with Gasteiger partial charge in [0.15, 0.2) is 0 Å². The Morgan fingerprint density at radius 2 is 1.76 bits per heavy atom. The van der Waals surface area contributed by atoms with Crippen molar-refractivity contribution in [3.63, 3.8) is 0 Å². The zero-order valence-corrected chi connectivity index (χ0v) is 14.5. The first-order valence-electron chi connectivity index (χ1n) is 7.65. The number of anilines is 1. The third kappa shape index (κ3) is 3.44. The third-order valence-electron chi connectivity index (χ3n) is 3.81. The van der Waals surface area contributed by atoms with Crippen molar-refractivity contribution >= 4 is 29.2 Å². The van der Waals surface area contributed by atoms with Crippen LogP contribution in [0.2, 0.25) is 10.0 Å². The first-order valence-corrected chi connectivity index (χ1v) is 8.40. The molecular formula is C16H13Cl2N5O2. The molecule has 1 fully saturated rings. The van der Waals surface area contributed by atoms with Crippen molar-refractivity contribution < 1.29 is 9.26 Å². The highest BCUT2D eigenvalue weighted by Gasteiger charge is 2.19. The lowest BCUT2D eigenvalue weighted by molar-refractivity contribution is 0.119. The van der Waals surface area contributed by atoms with Crippen molar-refractivity contribution in [2.24, 2.45) is 0 Å². The van der Waals surface area contributed by atoms with Crippen LogP contribution in [0.1, 0.15) is 0 Å². The van der Waals surface area contributed by atoms with Gasteiger partial charge in [0.1, 0.15) is 12.0 Å². The molecule has 4 rings (SSSR count). The average Bonchev–Trinajstić information content (AvgIpc) is 3.15. The van der Waals surface area contributed by atoms with E-state index in [0.717, 1.165) is 18.7 Å². The van der Waals surface area contributed by atoms with E-state index in [-0.39, 0.29) is 0 Å². The minimum atomic E-state index is 0.408. The van der Waals surface area contributed by atoms with E-state index in [2.05, 4.69) is 20.1 Å². The molecule has 2 aromatic heterocycles. The molecule has 0 spiro atoms. The van der Waals surface area contributed by atoms with Gasteiger partial charge in [-0.25, -0.2) is 9.97 Å². The van der Waals surface area contributed by atoms with Gasteiger partial charge >= 0.3 is 6.01 Å². The summed E-state index contributed by atoms with van der Waals surface area (Å²) in [5.41, 5.74) is 2.09. The minimum absolute atomic E-state index is 0.408. The van der Waals surface area contributed by atoms with Crippen molar-refractivity contribution in [3.8, 4) is 22.8 Å². The van der Waals surface area contributed by atoms with E-state index < -0.39 is 0 Å². The Labute approximate surface area is 153 Å². The summed E-state index contributed by atoms with van der Waals surface area (Å²) in [4.78, 5) is 14.9. The summed E-state index contributed by atoms with van der Waals surface area (Å²) in [5.74, 6) is 0.408. The summed E-state index contributed by atoms with van der Waals surface area (Å²) in [6.45, 7) is 2.74. The smallest absolute Gasteiger partial charge is 0.324 e. The van der Waals surface area contributed by atoms with Crippen molar-refractivity contribution in [1.29, 1.82) is 0 Å². The Balaban J connectivity index is 1.63. The molecule has 1 aromatic carbocycles. The summed E-state index contributed by atoms with van der Waals surface area (Å²) in [6.07, 6.45) is 1.46. The van der Waals surface area contributed by atoms with Crippen molar-refractivity contribution in [3.05, 3.63) is 40.6 Å². The fourth-order valence-corrected chi connectivity index (χ4v) is 2.79. The van der Waals surface area contributed by atoms with E-state index >= 15 is 0 Å². The molecule has 7 nitrogen and oxygen atoms in total. The molecule has 0 bridgehead atoms. The monoisotopic (exact) mass is 377 g/mol. The Kier molecular flexibility index (Phi) is 4.52. The standard InChI is InChI=1S/C16H13Cl2N5O2/c17-11-2-1-10(7-12(11)18)13-8-14(20-9-19-13)15-21-16(25-22-15)23-3-5-24-6-4-23/h1-2,7-9H,3-6H2. The Morgan fingerprint density at radius 1 is 0.960 bits per heavy atom. The SMILES string of the molecule is Clc1ccc(-c2cc(-c3noc(N4CCOCC4)n3)ncn2)cc1Cl. The molecule has 0 saturated carbocycles. The van der Waals surface area contributed by atoms with Crippen LogP contribution >= 0.6 is 23.2 Å². The van der Waals surface area contributed by atoms with E-state index in [4.69, 9.17) is 32.5 Å². The van der Waals surface area contributed by atoms with E-state index in [1.54, 1.807) is 18.2 Å². The average molecular weight is 378 g/mol. The third-order valence-corrected chi connectivity index (χ3v) is 4.55. The van der Waals surface area contributed by atoms with E-state index in [1.165, 1.54) is 6.33 Å². The number of benzene rings is 1. The Hall–Kier alpha value is -2.22. The molecule has 0 atom stereocenters. The summed E-state index contributed by atoms with van der Waals surface area (Å²) in [5, 5.41) is 4.98. The summed E-state index contributed by atoms with van der Waals surface area (Å²) >= 11 is 12.0. The van der Waals surface area contributed by atoms with Crippen LogP contribution in [0.15, 0.2) is 35.1 Å². The molecule has 0 N–H and O–H groups in total. The van der Waals surface area contributed by atoms with E-state index in [9.17, 15) is 0 Å². The van der Waals surface area contributed by atoms with Crippen LogP contribution in [-0.2, 0) is 4.74 Å². The lowest BCUT2D eigenvalue weighted by Gasteiger charge is -2.24. The molecule has 3 aromatic rings. The van der Waals surface area contributed by atoms with Crippen LogP contribution in [0.25, 0.3) is 22.8 Å². The number of ether oxygens (including phenoxy) is 1. The summed E-state index contributed by atoms with van der Waals surface area (Å²) in [7, 11) is 0. The van der Waals surface area contributed by atoms with Crippen LogP contribution in [0.4, 0.5) is 6.01 Å². The largest absolute Gasteiger partial charge is 0.378 e. The fourth-order valence-electron chi connectivity index (χ4n) is 2.50. The topological polar surface area (TPSA) is 77.2 Å². The second kappa shape index (κ2) is 6.95. The molecule has 25 heavy (non-hydrogen) atoms. The van der Waals surface area contributed by atoms with Gasteiger partial charge in [0.25, 0.3) is 0 Å². The molecule has 1 saturated heterocycles. The van der Waals surface area contributed by atoms with Crippen molar-refractivity contribution in [2.75, 3.05) is 31.2 Å². The minimum Gasteiger partial charge on any atom is -0.378 e. The van der Waals surface area contributed by atoms with Gasteiger partial charge in [-0.2, -0.15) is 4.98 Å². The molecule has 0 radical (unpaired) electrons. The van der Waals surface area contributed by atoms with Gasteiger partial charge in [-0.15, -0.1) is 0 Å².